The molecule has 2 N–H and O–H groups in total. The number of para-hydroxylation sites is 1. The molecule has 2 heterocycles. The number of carbonyl (C=O) groups excluding carboxylic acids is 1. The predicted octanol–water partition coefficient (Wildman–Crippen LogP) is 3.28. The van der Waals surface area contributed by atoms with Crippen molar-refractivity contribution in [1.29, 1.82) is 0 Å². The van der Waals surface area contributed by atoms with Crippen LogP contribution in [0.1, 0.15) is 30.1 Å². The largest absolute Gasteiger partial charge is 0.437 e. The quantitative estimate of drug-likeness (QED) is 0.755. The van der Waals surface area contributed by atoms with Crippen LogP contribution in [-0.2, 0) is 0 Å². The molecule has 0 saturated heterocycles. The molecule has 6 nitrogen and oxygen atoms in total. The SMILES string of the molecule is CC(NC(=O)c1c[nH]c2ncc(Oc3ccccc3)nc12)C1CC1. The Morgan fingerprint density at radius 2 is 2.12 bits per heavy atom. The van der Waals surface area contributed by atoms with E-state index in [4.69, 9.17) is 4.74 Å². The maximum Gasteiger partial charge on any atom is 0.255 e. The molecule has 1 atom stereocenters. The van der Waals surface area contributed by atoms with Gasteiger partial charge in [-0.05, 0) is 37.8 Å². The van der Waals surface area contributed by atoms with Crippen molar-refractivity contribution in [3.63, 3.8) is 0 Å². The lowest BCUT2D eigenvalue weighted by atomic mass is 10.2. The minimum atomic E-state index is -0.133. The van der Waals surface area contributed by atoms with Gasteiger partial charge >= 0.3 is 0 Å². The molecule has 0 radical (unpaired) electrons. The van der Waals surface area contributed by atoms with Gasteiger partial charge in [-0.15, -0.1) is 0 Å². The summed E-state index contributed by atoms with van der Waals surface area (Å²) in [6.07, 6.45) is 5.56. The number of H-pyrrole nitrogens is 1. The van der Waals surface area contributed by atoms with Gasteiger partial charge in [-0.1, -0.05) is 18.2 Å². The Bertz CT molecular complexity index is 871. The molecule has 2 aromatic heterocycles. The van der Waals surface area contributed by atoms with Crippen LogP contribution in [0, 0.1) is 5.92 Å². The zero-order valence-electron chi connectivity index (χ0n) is 13.3. The monoisotopic (exact) mass is 322 g/mol. The van der Waals surface area contributed by atoms with Crippen molar-refractivity contribution in [3.8, 4) is 11.6 Å². The molecule has 24 heavy (non-hydrogen) atoms. The number of benzene rings is 1. The second-order valence-electron chi connectivity index (χ2n) is 6.12. The van der Waals surface area contributed by atoms with Crippen molar-refractivity contribution in [1.82, 2.24) is 20.3 Å². The van der Waals surface area contributed by atoms with E-state index >= 15 is 0 Å². The Kier molecular flexibility index (Phi) is 3.65. The number of amides is 1. The summed E-state index contributed by atoms with van der Waals surface area (Å²) >= 11 is 0. The highest BCUT2D eigenvalue weighted by atomic mass is 16.5. The number of nitrogens with one attached hydrogen (secondary N) is 2. The van der Waals surface area contributed by atoms with Crippen molar-refractivity contribution in [2.24, 2.45) is 5.92 Å². The minimum Gasteiger partial charge on any atom is -0.437 e. The van der Waals surface area contributed by atoms with Gasteiger partial charge in [0.05, 0.1) is 11.8 Å². The van der Waals surface area contributed by atoms with Crippen molar-refractivity contribution < 1.29 is 9.53 Å². The molecule has 1 aliphatic carbocycles. The van der Waals surface area contributed by atoms with Gasteiger partial charge in [0, 0.05) is 12.2 Å². The van der Waals surface area contributed by atoms with Crippen molar-refractivity contribution in [3.05, 3.63) is 48.3 Å². The number of fused-ring (bicyclic) bond motifs is 1. The second kappa shape index (κ2) is 5.96. The van der Waals surface area contributed by atoms with Crippen LogP contribution >= 0.6 is 0 Å². The highest BCUT2D eigenvalue weighted by molar-refractivity contribution is 6.04. The molecular weight excluding hydrogens is 304 g/mol. The van der Waals surface area contributed by atoms with Gasteiger partial charge in [-0.3, -0.25) is 4.79 Å². The third kappa shape index (κ3) is 2.95. The number of aromatic amines is 1. The van der Waals surface area contributed by atoms with E-state index < -0.39 is 0 Å². The molecule has 1 aromatic carbocycles. The Balaban J connectivity index is 1.59. The van der Waals surface area contributed by atoms with Gasteiger partial charge in [0.2, 0.25) is 5.88 Å². The second-order valence-corrected chi connectivity index (χ2v) is 6.12. The van der Waals surface area contributed by atoms with Crippen LogP contribution in [0.3, 0.4) is 0 Å². The smallest absolute Gasteiger partial charge is 0.255 e. The van der Waals surface area contributed by atoms with Crippen molar-refractivity contribution in [2.75, 3.05) is 0 Å². The number of hydrogen-bond acceptors (Lipinski definition) is 4. The number of aromatic nitrogens is 3. The summed E-state index contributed by atoms with van der Waals surface area (Å²) in [7, 11) is 0. The predicted molar refractivity (Wildman–Crippen MR) is 90.1 cm³/mol. The Hall–Kier alpha value is -2.89. The molecule has 122 valence electrons. The fraction of sp³-hybridized carbons (Fsp3) is 0.278. The summed E-state index contributed by atoms with van der Waals surface area (Å²) < 4.78 is 5.70. The summed E-state index contributed by atoms with van der Waals surface area (Å²) in [6.45, 7) is 2.04. The molecule has 0 aliphatic heterocycles. The normalized spacial score (nSPS) is 15.2. The molecule has 1 saturated carbocycles. The Morgan fingerprint density at radius 1 is 1.33 bits per heavy atom. The fourth-order valence-electron chi connectivity index (χ4n) is 2.71. The lowest BCUT2D eigenvalue weighted by Gasteiger charge is -2.11. The fourth-order valence-corrected chi connectivity index (χ4v) is 2.71. The zero-order valence-corrected chi connectivity index (χ0v) is 13.3. The summed E-state index contributed by atoms with van der Waals surface area (Å²) in [5, 5.41) is 3.04. The van der Waals surface area contributed by atoms with E-state index in [9.17, 15) is 4.79 Å². The number of rotatable bonds is 5. The summed E-state index contributed by atoms with van der Waals surface area (Å²) in [5.41, 5.74) is 1.58. The van der Waals surface area contributed by atoms with Crippen LogP contribution in [0.2, 0.25) is 0 Å². The molecule has 1 fully saturated rings. The van der Waals surface area contributed by atoms with Crippen LogP contribution in [0.4, 0.5) is 0 Å². The molecule has 0 spiro atoms. The van der Waals surface area contributed by atoms with Gasteiger partial charge in [-0.25, -0.2) is 9.97 Å². The third-order valence-electron chi connectivity index (χ3n) is 4.26. The van der Waals surface area contributed by atoms with E-state index in [0.29, 0.717) is 34.3 Å². The first-order chi connectivity index (χ1) is 11.7. The number of ether oxygens (including phenoxy) is 1. The molecule has 1 aliphatic rings. The summed E-state index contributed by atoms with van der Waals surface area (Å²) in [6, 6.07) is 9.55. The van der Waals surface area contributed by atoms with E-state index in [1.807, 2.05) is 37.3 Å². The lowest BCUT2D eigenvalue weighted by Crippen LogP contribution is -2.33. The van der Waals surface area contributed by atoms with E-state index in [0.717, 1.165) is 0 Å². The van der Waals surface area contributed by atoms with E-state index in [-0.39, 0.29) is 11.9 Å². The molecule has 0 bridgehead atoms. The Morgan fingerprint density at radius 3 is 2.88 bits per heavy atom. The van der Waals surface area contributed by atoms with Gasteiger partial charge in [0.15, 0.2) is 5.65 Å². The molecule has 1 amide bonds. The maximum absolute atomic E-state index is 12.5. The van der Waals surface area contributed by atoms with Gasteiger partial charge in [-0.2, -0.15) is 0 Å². The lowest BCUT2D eigenvalue weighted by molar-refractivity contribution is 0.0937. The van der Waals surface area contributed by atoms with E-state index in [2.05, 4.69) is 20.3 Å². The van der Waals surface area contributed by atoms with E-state index in [1.165, 1.54) is 12.8 Å². The zero-order chi connectivity index (χ0) is 16.5. The molecule has 1 unspecified atom stereocenters. The maximum atomic E-state index is 12.5. The van der Waals surface area contributed by atoms with E-state index in [1.54, 1.807) is 12.4 Å². The number of hydrogen-bond donors (Lipinski definition) is 2. The highest BCUT2D eigenvalue weighted by Gasteiger charge is 2.29. The highest BCUT2D eigenvalue weighted by Crippen LogP contribution is 2.32. The third-order valence-corrected chi connectivity index (χ3v) is 4.26. The Labute approximate surface area is 139 Å². The summed E-state index contributed by atoms with van der Waals surface area (Å²) in [4.78, 5) is 24.2. The standard InChI is InChI=1S/C18H18N4O2/c1-11(12-7-8-12)21-18(23)14-9-19-17-16(14)22-15(10-20-17)24-13-5-3-2-4-6-13/h2-6,9-12H,7-8H2,1H3,(H,19,20)(H,21,23). The first-order valence-electron chi connectivity index (χ1n) is 8.08. The first-order valence-corrected chi connectivity index (χ1v) is 8.08. The van der Waals surface area contributed by atoms with Gasteiger partial charge < -0.3 is 15.0 Å². The van der Waals surface area contributed by atoms with Gasteiger partial charge in [0.1, 0.15) is 11.3 Å². The molecule has 6 heteroatoms. The number of nitrogens with zero attached hydrogens (tertiary/aromatic N) is 2. The van der Waals surface area contributed by atoms with Crippen LogP contribution in [0.15, 0.2) is 42.7 Å². The van der Waals surface area contributed by atoms with Crippen molar-refractivity contribution >= 4 is 17.1 Å². The average molecular weight is 322 g/mol. The van der Waals surface area contributed by atoms with Gasteiger partial charge in [0.25, 0.3) is 5.91 Å². The van der Waals surface area contributed by atoms with Crippen LogP contribution in [-0.4, -0.2) is 26.9 Å². The van der Waals surface area contributed by atoms with Crippen LogP contribution in [0.5, 0.6) is 11.6 Å². The average Bonchev–Trinajstić information content (AvgIpc) is 3.36. The topological polar surface area (TPSA) is 79.9 Å². The first kappa shape index (κ1) is 14.7. The molecule has 3 aromatic rings. The minimum absolute atomic E-state index is 0.133. The summed E-state index contributed by atoms with van der Waals surface area (Å²) in [5.74, 6) is 1.50. The van der Waals surface area contributed by atoms with Crippen LogP contribution in [0.25, 0.3) is 11.2 Å². The number of carbonyl (C=O) groups is 1. The molecule has 4 rings (SSSR count). The molecular formula is C18H18N4O2. The van der Waals surface area contributed by atoms with Crippen molar-refractivity contribution in [2.45, 2.75) is 25.8 Å². The van der Waals surface area contributed by atoms with Crippen LogP contribution < -0.4 is 10.1 Å².